The molecule has 128 valence electrons. The summed E-state index contributed by atoms with van der Waals surface area (Å²) in [5, 5.41) is 11.4. The number of para-hydroxylation sites is 1. The van der Waals surface area contributed by atoms with Crippen molar-refractivity contribution in [3.05, 3.63) is 41.4 Å². The molecule has 0 spiro atoms. The minimum absolute atomic E-state index is 0.226. The molecule has 2 amide bonds. The molecule has 0 radical (unpaired) electrons. The summed E-state index contributed by atoms with van der Waals surface area (Å²) in [7, 11) is 0. The molecule has 1 aromatic rings. The number of nitrogens with one attached hydrogen (secondary N) is 2. The van der Waals surface area contributed by atoms with E-state index in [4.69, 9.17) is 16.3 Å². The predicted molar refractivity (Wildman–Crippen MR) is 83.6 cm³/mol. The third-order valence-electron chi connectivity index (χ3n) is 3.59. The maximum Gasteiger partial charge on any atom is 0.276 e. The molecule has 8 heteroatoms. The van der Waals surface area contributed by atoms with Gasteiger partial charge < -0.3 is 14.6 Å². The van der Waals surface area contributed by atoms with Crippen LogP contribution in [0.5, 0.6) is 5.75 Å². The maximum absolute atomic E-state index is 12.0. The normalized spacial score (nSPS) is 19.4. The molecule has 0 saturated heterocycles. The van der Waals surface area contributed by atoms with Crippen LogP contribution in [-0.4, -0.2) is 24.4 Å². The number of benzene rings is 1. The first-order valence-electron chi connectivity index (χ1n) is 7.31. The third-order valence-corrected chi connectivity index (χ3v) is 3.90. The number of aliphatic carboxylic acids is 1. The monoisotopic (exact) mass is 351 g/mol. The van der Waals surface area contributed by atoms with E-state index in [2.05, 4.69) is 10.9 Å². The SMILES string of the molecule is O=C(COc1ccccc1Cl)NNC(=O)[C@@H]1CC=CC[C@@H]1C(=O)[O-]. The van der Waals surface area contributed by atoms with Gasteiger partial charge in [0.1, 0.15) is 5.75 Å². The number of hydrogen-bond acceptors (Lipinski definition) is 5. The van der Waals surface area contributed by atoms with Crippen LogP contribution in [0.4, 0.5) is 0 Å². The zero-order chi connectivity index (χ0) is 17.5. The summed E-state index contributed by atoms with van der Waals surface area (Å²) in [4.78, 5) is 34.8. The second-order valence-electron chi connectivity index (χ2n) is 5.23. The lowest BCUT2D eigenvalue weighted by Crippen LogP contribution is -2.50. The van der Waals surface area contributed by atoms with Crippen LogP contribution in [0.25, 0.3) is 0 Å². The second kappa shape index (κ2) is 8.35. The molecule has 2 rings (SSSR count). The Morgan fingerprint density at radius 1 is 1.12 bits per heavy atom. The van der Waals surface area contributed by atoms with E-state index in [9.17, 15) is 19.5 Å². The van der Waals surface area contributed by atoms with Gasteiger partial charge in [-0.2, -0.15) is 0 Å². The Bertz CT molecular complexity index is 662. The summed E-state index contributed by atoms with van der Waals surface area (Å²) in [5.74, 6) is -3.82. The first-order chi connectivity index (χ1) is 11.5. The highest BCUT2D eigenvalue weighted by atomic mass is 35.5. The van der Waals surface area contributed by atoms with Crippen molar-refractivity contribution in [2.75, 3.05) is 6.61 Å². The molecule has 1 aliphatic rings. The number of carbonyl (C=O) groups excluding carboxylic acids is 3. The maximum atomic E-state index is 12.0. The van der Waals surface area contributed by atoms with Crippen molar-refractivity contribution in [1.82, 2.24) is 10.9 Å². The molecular weight excluding hydrogens is 336 g/mol. The summed E-state index contributed by atoms with van der Waals surface area (Å²) in [6.07, 6.45) is 3.92. The van der Waals surface area contributed by atoms with Crippen LogP contribution in [0.15, 0.2) is 36.4 Å². The van der Waals surface area contributed by atoms with Crippen molar-refractivity contribution in [3.8, 4) is 5.75 Å². The van der Waals surface area contributed by atoms with Gasteiger partial charge in [-0.1, -0.05) is 35.9 Å². The highest BCUT2D eigenvalue weighted by Gasteiger charge is 2.29. The first kappa shape index (κ1) is 17.8. The number of halogens is 1. The van der Waals surface area contributed by atoms with E-state index in [-0.39, 0.29) is 19.4 Å². The number of carbonyl (C=O) groups is 3. The van der Waals surface area contributed by atoms with Gasteiger partial charge in [-0.3, -0.25) is 20.4 Å². The lowest BCUT2D eigenvalue weighted by Gasteiger charge is -2.28. The molecule has 0 saturated carbocycles. The summed E-state index contributed by atoms with van der Waals surface area (Å²) in [6, 6.07) is 6.65. The lowest BCUT2D eigenvalue weighted by molar-refractivity contribution is -0.313. The summed E-state index contributed by atoms with van der Waals surface area (Å²) >= 11 is 5.89. The Hall–Kier alpha value is -2.54. The van der Waals surface area contributed by atoms with E-state index >= 15 is 0 Å². The molecule has 0 heterocycles. The molecule has 1 aliphatic carbocycles. The number of allylic oxidation sites excluding steroid dienone is 2. The number of amides is 2. The molecular formula is C16H16ClN2O5-. The van der Waals surface area contributed by atoms with Gasteiger partial charge in [0.2, 0.25) is 5.91 Å². The van der Waals surface area contributed by atoms with E-state index in [1.165, 1.54) is 0 Å². The number of hydrogen-bond donors (Lipinski definition) is 2. The average Bonchev–Trinajstić information content (AvgIpc) is 2.59. The Morgan fingerprint density at radius 2 is 1.79 bits per heavy atom. The molecule has 0 aliphatic heterocycles. The first-order valence-corrected chi connectivity index (χ1v) is 7.68. The van der Waals surface area contributed by atoms with Gasteiger partial charge in [0.15, 0.2) is 6.61 Å². The topological polar surface area (TPSA) is 108 Å². The number of carboxylic acid groups (broad SMARTS) is 1. The number of ether oxygens (including phenoxy) is 1. The van der Waals surface area contributed by atoms with Crippen molar-refractivity contribution in [1.29, 1.82) is 0 Å². The summed E-state index contributed by atoms with van der Waals surface area (Å²) in [5.41, 5.74) is 4.40. The van der Waals surface area contributed by atoms with Crippen LogP contribution in [0.3, 0.4) is 0 Å². The van der Waals surface area contributed by atoms with Gasteiger partial charge in [0, 0.05) is 11.9 Å². The van der Waals surface area contributed by atoms with E-state index in [1.807, 2.05) is 0 Å². The second-order valence-corrected chi connectivity index (χ2v) is 5.64. The molecule has 2 N–H and O–H groups in total. The molecule has 7 nitrogen and oxygen atoms in total. The quantitative estimate of drug-likeness (QED) is 0.582. The minimum atomic E-state index is -1.28. The predicted octanol–water partition coefficient (Wildman–Crippen LogP) is 0.198. The molecule has 0 unspecified atom stereocenters. The van der Waals surface area contributed by atoms with E-state index in [1.54, 1.807) is 36.4 Å². The largest absolute Gasteiger partial charge is 0.550 e. The van der Waals surface area contributed by atoms with Gasteiger partial charge >= 0.3 is 0 Å². The van der Waals surface area contributed by atoms with Crippen molar-refractivity contribution >= 4 is 29.4 Å². The van der Waals surface area contributed by atoms with Crippen LogP contribution in [0, 0.1) is 11.8 Å². The van der Waals surface area contributed by atoms with Crippen LogP contribution in [-0.2, 0) is 14.4 Å². The Kier molecular flexibility index (Phi) is 6.20. The number of rotatable bonds is 5. The lowest BCUT2D eigenvalue weighted by atomic mass is 9.82. The van der Waals surface area contributed by atoms with Crippen LogP contribution in [0.2, 0.25) is 5.02 Å². The Balaban J connectivity index is 1.80. The molecule has 1 aromatic carbocycles. The molecule has 2 atom stereocenters. The van der Waals surface area contributed by atoms with E-state index < -0.39 is 29.6 Å². The van der Waals surface area contributed by atoms with Crippen molar-refractivity contribution in [2.45, 2.75) is 12.8 Å². The van der Waals surface area contributed by atoms with Crippen LogP contribution < -0.4 is 20.7 Å². The zero-order valence-electron chi connectivity index (χ0n) is 12.7. The molecule has 0 aromatic heterocycles. The smallest absolute Gasteiger partial charge is 0.276 e. The molecule has 24 heavy (non-hydrogen) atoms. The fourth-order valence-corrected chi connectivity index (χ4v) is 2.52. The summed E-state index contributed by atoms with van der Waals surface area (Å²) in [6.45, 7) is -0.349. The minimum Gasteiger partial charge on any atom is -0.550 e. The van der Waals surface area contributed by atoms with Crippen molar-refractivity contribution in [3.63, 3.8) is 0 Å². The highest BCUT2D eigenvalue weighted by molar-refractivity contribution is 6.32. The molecule has 0 bridgehead atoms. The highest BCUT2D eigenvalue weighted by Crippen LogP contribution is 2.25. The number of carboxylic acids is 1. The Labute approximate surface area is 143 Å². The van der Waals surface area contributed by atoms with E-state index in [0.29, 0.717) is 10.8 Å². The van der Waals surface area contributed by atoms with Crippen LogP contribution in [0.1, 0.15) is 12.8 Å². The number of hydrazine groups is 1. The fraction of sp³-hybridized carbons (Fsp3) is 0.312. The third kappa shape index (κ3) is 4.73. The molecule has 0 fully saturated rings. The van der Waals surface area contributed by atoms with Gasteiger partial charge in [0.05, 0.1) is 10.9 Å². The van der Waals surface area contributed by atoms with Crippen molar-refractivity contribution < 1.29 is 24.2 Å². The standard InChI is InChI=1S/C16H17ClN2O5/c17-12-7-3-4-8-13(12)24-9-14(20)18-19-15(21)10-5-1-2-6-11(10)16(22)23/h1-4,7-8,10-11H,5-6,9H2,(H,18,20)(H,19,21)(H,22,23)/p-1/t10-,11+/m1/s1. The van der Waals surface area contributed by atoms with E-state index in [0.717, 1.165) is 0 Å². The zero-order valence-corrected chi connectivity index (χ0v) is 13.4. The average molecular weight is 352 g/mol. The van der Waals surface area contributed by atoms with Gasteiger partial charge in [-0.25, -0.2) is 0 Å². The Morgan fingerprint density at radius 3 is 2.46 bits per heavy atom. The van der Waals surface area contributed by atoms with Crippen molar-refractivity contribution in [2.24, 2.45) is 11.8 Å². The fourth-order valence-electron chi connectivity index (χ4n) is 2.33. The van der Waals surface area contributed by atoms with Gasteiger partial charge in [-0.15, -0.1) is 0 Å². The summed E-state index contributed by atoms with van der Waals surface area (Å²) < 4.78 is 5.23. The van der Waals surface area contributed by atoms with Gasteiger partial charge in [0.25, 0.3) is 5.91 Å². The van der Waals surface area contributed by atoms with Gasteiger partial charge in [-0.05, 0) is 25.0 Å². The van der Waals surface area contributed by atoms with Crippen LogP contribution >= 0.6 is 11.6 Å².